The molecule has 24 heteroatoms. The molecule has 0 aliphatic carbocycles. The third kappa shape index (κ3) is 12.6. The monoisotopic (exact) mass is 1230 g/mol. The highest BCUT2D eigenvalue weighted by Crippen LogP contribution is 2.50. The van der Waals surface area contributed by atoms with Gasteiger partial charge < -0.3 is 52.5 Å². The summed E-state index contributed by atoms with van der Waals surface area (Å²) in [6.07, 6.45) is 10.2. The highest BCUT2D eigenvalue weighted by molar-refractivity contribution is 6.12. The van der Waals surface area contributed by atoms with E-state index in [1.165, 1.54) is 0 Å². The molecule has 9 rings (SSSR count). The molecule has 7 aromatic rings. The Morgan fingerprint density at radius 3 is 0.557 bits per heavy atom. The van der Waals surface area contributed by atoms with E-state index in [1.54, 1.807) is 0 Å². The van der Waals surface area contributed by atoms with Crippen LogP contribution in [-0.2, 0) is 0 Å². The smallest absolute Gasteiger partial charge is 0.167 e. The second-order valence-corrected chi connectivity index (χ2v) is 22.4. The molecule has 2 aliphatic rings. The van der Waals surface area contributed by atoms with Gasteiger partial charge in [0.1, 0.15) is 22.6 Å². The summed E-state index contributed by atoms with van der Waals surface area (Å²) in [5.74, 6) is -10.5. The van der Waals surface area contributed by atoms with Crippen LogP contribution in [0.5, 0.6) is 0 Å². The number of nitrogens with zero attached hydrogens (tertiary/aromatic N) is 6. The van der Waals surface area contributed by atoms with Gasteiger partial charge in [-0.3, -0.25) is 0 Å². The predicted octanol–water partition coefficient (Wildman–Crippen LogP) is 17.7. The van der Waals surface area contributed by atoms with E-state index in [-0.39, 0.29) is 97.9 Å². The molecule has 5 heterocycles. The number of aromatic nitrogens is 8. The number of H-pyrrole nitrogens is 2. The minimum absolute atomic E-state index is 0.219. The summed E-state index contributed by atoms with van der Waals surface area (Å²) in [6, 6.07) is 0. The van der Waals surface area contributed by atoms with Crippen LogP contribution in [0.1, 0.15) is 158 Å². The van der Waals surface area contributed by atoms with Gasteiger partial charge in [0.25, 0.3) is 0 Å². The molecule has 4 aromatic carbocycles. The molecule has 0 unspecified atom stereocenters. The second kappa shape index (κ2) is 29.4. The molecule has 8 bridgehead atoms. The minimum atomic E-state index is -1.03. The third-order valence-corrected chi connectivity index (χ3v) is 15.8. The van der Waals surface area contributed by atoms with Gasteiger partial charge in [0, 0.05) is 52.4 Å². The van der Waals surface area contributed by atoms with Crippen molar-refractivity contribution in [2.75, 3.05) is 94.9 Å². The molecule has 3 aromatic heterocycles. The van der Waals surface area contributed by atoms with Crippen LogP contribution < -0.4 is 42.5 Å². The molecule has 0 atom stereocenters. The number of aromatic amines is 2. The molecular formula is C64H82F8N16. The third-order valence-electron chi connectivity index (χ3n) is 15.8. The Kier molecular flexibility index (Phi) is 21.6. The molecule has 88 heavy (non-hydrogen) atoms. The van der Waals surface area contributed by atoms with Crippen LogP contribution >= 0.6 is 0 Å². The molecule has 0 amide bonds. The Hall–Kier alpha value is -7.92. The number of hydrogen-bond acceptors (Lipinski definition) is 14. The number of halogens is 8. The number of benzene rings is 4. The fourth-order valence-corrected chi connectivity index (χ4v) is 10.9. The number of anilines is 8. The lowest BCUT2D eigenvalue weighted by Crippen LogP contribution is -2.12. The van der Waals surface area contributed by atoms with E-state index in [4.69, 9.17) is 19.9 Å². The number of hydrogen-bond donors (Lipinski definition) is 10. The Balaban J connectivity index is 1.54. The first kappa shape index (κ1) is 64.6. The van der Waals surface area contributed by atoms with Gasteiger partial charge in [-0.25, -0.2) is 65.0 Å². The average molecular weight is 1230 g/mol. The van der Waals surface area contributed by atoms with Crippen molar-refractivity contribution in [1.29, 1.82) is 0 Å². The Bertz CT molecular complexity index is 3370. The number of unbranched alkanes of at least 4 members (excludes halogenated alkanes) is 8. The molecule has 0 spiro atoms. The fraction of sp³-hybridized carbons (Fsp3) is 0.500. The van der Waals surface area contributed by atoms with Crippen molar-refractivity contribution >= 4 is 89.6 Å². The Morgan fingerprint density at radius 1 is 0.239 bits per heavy atom. The predicted molar refractivity (Wildman–Crippen MR) is 343 cm³/mol. The standard InChI is InChI=1S/C64H82F8N16/c1-9-17-25-73-49-41(65)33-34(42(66)50(49)74-26-18-10-2)58-81-57(33)85-59-35-36(44(68)52(76-28-20-12-4)51(43(35)67)75-27-19-11-3)61(82-59)87-63-39-40(48(72)56(80-32-24-16-8)55(47(39)71)79-31-23-15-7)64(84-63)88-62-38-37(60(83-62)86-58)45(69)53(77-29-21-13-5)54(46(38)70)78-30-22-14-6/h73-80H,9-32H2,1-8H3,(H2,81,82,83,84,85,86,87,88). The van der Waals surface area contributed by atoms with Gasteiger partial charge in [0.15, 0.2) is 69.8 Å². The van der Waals surface area contributed by atoms with E-state index in [0.717, 1.165) is 0 Å². The van der Waals surface area contributed by atoms with Crippen LogP contribution in [0, 0.1) is 46.5 Å². The molecule has 0 radical (unpaired) electrons. The van der Waals surface area contributed by atoms with Crippen LogP contribution in [0.3, 0.4) is 0 Å². The van der Waals surface area contributed by atoms with Crippen molar-refractivity contribution < 1.29 is 35.1 Å². The lowest BCUT2D eigenvalue weighted by molar-refractivity contribution is 0.609. The average Bonchev–Trinajstić information content (AvgIpc) is 1.58. The van der Waals surface area contributed by atoms with Gasteiger partial charge in [-0.2, -0.15) is 0 Å². The molecule has 0 saturated carbocycles. The van der Waals surface area contributed by atoms with Crippen LogP contribution in [-0.4, -0.2) is 92.2 Å². The SMILES string of the molecule is CCCCNc1c(F)c2c(c(F)c1NCCCC)-c1nc-2nc2[nH]c(nc3nc(nc4[nH]c(n1)c1c(F)c(NCCCC)c(NCCCC)c(F)c41)-c1c(F)c(NCCCC)c(NCCCC)c(F)c1-3)c1c(F)c(NCCCC)c(NCCCC)c(F)c21. The second-order valence-electron chi connectivity index (χ2n) is 22.4. The summed E-state index contributed by atoms with van der Waals surface area (Å²) >= 11 is 0. The van der Waals surface area contributed by atoms with Crippen LogP contribution in [0.2, 0.25) is 0 Å². The van der Waals surface area contributed by atoms with Crippen molar-refractivity contribution in [2.45, 2.75) is 158 Å². The Morgan fingerprint density at radius 2 is 0.398 bits per heavy atom. The summed E-state index contributed by atoms with van der Waals surface area (Å²) < 4.78 is 145. The van der Waals surface area contributed by atoms with Gasteiger partial charge in [0.05, 0.1) is 89.3 Å². The van der Waals surface area contributed by atoms with Crippen molar-refractivity contribution in [1.82, 2.24) is 39.9 Å². The molecular weight excluding hydrogens is 1140 g/mol. The summed E-state index contributed by atoms with van der Waals surface area (Å²) in [5.41, 5.74) is -6.22. The Labute approximate surface area is 507 Å². The van der Waals surface area contributed by atoms with Crippen LogP contribution in [0.25, 0.3) is 89.7 Å². The topological polar surface area (TPSA) is 205 Å². The molecule has 0 fully saturated rings. The lowest BCUT2D eigenvalue weighted by atomic mass is 10.0. The van der Waals surface area contributed by atoms with Gasteiger partial charge >= 0.3 is 0 Å². The highest BCUT2D eigenvalue weighted by atomic mass is 19.2. The van der Waals surface area contributed by atoms with Crippen molar-refractivity contribution in [3.05, 3.63) is 46.5 Å². The first-order valence-electron chi connectivity index (χ1n) is 31.7. The number of rotatable bonds is 32. The van der Waals surface area contributed by atoms with E-state index in [0.29, 0.717) is 103 Å². The lowest BCUT2D eigenvalue weighted by Gasteiger charge is -2.18. The van der Waals surface area contributed by atoms with E-state index >= 15 is 35.1 Å². The first-order chi connectivity index (χ1) is 42.7. The largest absolute Gasteiger partial charge is 0.381 e. The highest BCUT2D eigenvalue weighted by Gasteiger charge is 2.37. The van der Waals surface area contributed by atoms with Crippen LogP contribution in [0.4, 0.5) is 80.6 Å². The molecule has 10 N–H and O–H groups in total. The van der Waals surface area contributed by atoms with Gasteiger partial charge in [0.2, 0.25) is 0 Å². The summed E-state index contributed by atoms with van der Waals surface area (Å²) in [5, 5.41) is 22.4. The van der Waals surface area contributed by atoms with Crippen molar-refractivity contribution in [3.8, 4) is 45.6 Å². The maximum atomic E-state index is 18.1. The maximum Gasteiger partial charge on any atom is 0.167 e. The molecule has 0 saturated heterocycles. The van der Waals surface area contributed by atoms with E-state index < -0.39 is 136 Å². The van der Waals surface area contributed by atoms with Crippen molar-refractivity contribution in [3.63, 3.8) is 0 Å². The van der Waals surface area contributed by atoms with E-state index in [2.05, 4.69) is 62.5 Å². The summed E-state index contributed by atoms with van der Waals surface area (Å²) in [6.45, 7) is 17.3. The zero-order valence-corrected chi connectivity index (χ0v) is 51.7. The van der Waals surface area contributed by atoms with Gasteiger partial charge in [-0.05, 0) is 51.4 Å². The van der Waals surface area contributed by atoms with Gasteiger partial charge in [-0.1, -0.05) is 107 Å². The fourth-order valence-electron chi connectivity index (χ4n) is 10.9. The minimum Gasteiger partial charge on any atom is -0.381 e. The maximum absolute atomic E-state index is 18.1. The first-order valence-corrected chi connectivity index (χ1v) is 31.7. The number of nitrogens with one attached hydrogen (secondary N) is 10. The summed E-state index contributed by atoms with van der Waals surface area (Å²) in [7, 11) is 0. The zero-order chi connectivity index (χ0) is 62.8. The number of fused-ring (bicyclic) bond motifs is 20. The zero-order valence-electron chi connectivity index (χ0n) is 51.7. The van der Waals surface area contributed by atoms with Gasteiger partial charge in [-0.15, -0.1) is 0 Å². The molecule has 474 valence electrons. The van der Waals surface area contributed by atoms with E-state index in [1.807, 2.05) is 55.4 Å². The molecule has 2 aliphatic heterocycles. The summed E-state index contributed by atoms with van der Waals surface area (Å²) in [4.78, 5) is 34.2. The van der Waals surface area contributed by atoms with Crippen LogP contribution in [0.15, 0.2) is 0 Å². The van der Waals surface area contributed by atoms with E-state index in [9.17, 15) is 0 Å². The molecule has 16 nitrogen and oxygen atoms in total. The normalized spacial score (nSPS) is 11.8. The quantitative estimate of drug-likeness (QED) is 0.0141. The van der Waals surface area contributed by atoms with Crippen molar-refractivity contribution in [2.24, 2.45) is 0 Å².